The lowest BCUT2D eigenvalue weighted by Crippen LogP contribution is -2.34. The van der Waals surface area contributed by atoms with E-state index in [-0.39, 0.29) is 0 Å². The molecule has 1 aromatic rings. The van der Waals surface area contributed by atoms with Crippen molar-refractivity contribution in [1.82, 2.24) is 0 Å². The van der Waals surface area contributed by atoms with E-state index in [1.807, 2.05) is 24.3 Å². The van der Waals surface area contributed by atoms with Gasteiger partial charge in [-0.2, -0.15) is 0 Å². The second-order valence-corrected chi connectivity index (χ2v) is 5.59. The summed E-state index contributed by atoms with van der Waals surface area (Å²) in [5.41, 5.74) is 1.07. The molecule has 4 heteroatoms. The van der Waals surface area contributed by atoms with Gasteiger partial charge in [-0.15, -0.1) is 0 Å². The molecule has 0 aromatic heterocycles. The summed E-state index contributed by atoms with van der Waals surface area (Å²) in [6.45, 7) is 5.74. The van der Waals surface area contributed by atoms with E-state index in [0.717, 1.165) is 30.1 Å². The summed E-state index contributed by atoms with van der Waals surface area (Å²) in [5, 5.41) is 4.08. The summed E-state index contributed by atoms with van der Waals surface area (Å²) < 4.78 is 11.6. The molecular weight excluding hydrogens is 262 g/mol. The van der Waals surface area contributed by atoms with Crippen LogP contribution in [-0.2, 0) is 9.47 Å². The third-order valence-electron chi connectivity index (χ3n) is 3.28. The molecule has 0 bridgehead atoms. The van der Waals surface area contributed by atoms with Gasteiger partial charge < -0.3 is 14.8 Å². The van der Waals surface area contributed by atoms with Crippen molar-refractivity contribution in [2.45, 2.75) is 45.0 Å². The average molecular weight is 284 g/mol. The second-order valence-electron chi connectivity index (χ2n) is 5.16. The highest BCUT2D eigenvalue weighted by Gasteiger charge is 2.24. The van der Waals surface area contributed by atoms with Crippen molar-refractivity contribution in [3.8, 4) is 0 Å². The lowest BCUT2D eigenvalue weighted by Gasteiger charge is -2.32. The van der Waals surface area contributed by atoms with Crippen LogP contribution in [0.4, 0.5) is 5.69 Å². The highest BCUT2D eigenvalue weighted by atomic mass is 35.5. The van der Waals surface area contributed by atoms with Gasteiger partial charge in [0.1, 0.15) is 0 Å². The molecule has 0 saturated carbocycles. The maximum Gasteiger partial charge on any atom is 0.0642 e. The Morgan fingerprint density at radius 3 is 2.47 bits per heavy atom. The molecule has 1 aliphatic rings. The SMILES string of the molecule is CC1CC(OCCNc2ccc(Cl)cc2)CC(C)O1. The fourth-order valence-corrected chi connectivity index (χ4v) is 2.60. The largest absolute Gasteiger partial charge is 0.383 e. The number of rotatable bonds is 5. The lowest BCUT2D eigenvalue weighted by molar-refractivity contribution is -0.0998. The van der Waals surface area contributed by atoms with Crippen molar-refractivity contribution in [1.29, 1.82) is 0 Å². The minimum Gasteiger partial charge on any atom is -0.383 e. The molecule has 0 spiro atoms. The molecule has 1 heterocycles. The molecular formula is C15H22ClNO2. The van der Waals surface area contributed by atoms with Crippen molar-refractivity contribution >= 4 is 17.3 Å². The first-order chi connectivity index (χ1) is 9.13. The molecule has 3 nitrogen and oxygen atoms in total. The van der Waals surface area contributed by atoms with Gasteiger partial charge in [0.2, 0.25) is 0 Å². The molecule has 2 atom stereocenters. The molecule has 1 aliphatic heterocycles. The number of halogens is 1. The van der Waals surface area contributed by atoms with Crippen molar-refractivity contribution in [3.05, 3.63) is 29.3 Å². The molecule has 2 rings (SSSR count). The van der Waals surface area contributed by atoms with Crippen molar-refractivity contribution < 1.29 is 9.47 Å². The van der Waals surface area contributed by atoms with Crippen LogP contribution < -0.4 is 5.32 Å². The van der Waals surface area contributed by atoms with Crippen LogP contribution in [0, 0.1) is 0 Å². The van der Waals surface area contributed by atoms with E-state index in [1.54, 1.807) is 0 Å². The number of nitrogens with one attached hydrogen (secondary N) is 1. The highest BCUT2D eigenvalue weighted by molar-refractivity contribution is 6.30. The topological polar surface area (TPSA) is 30.5 Å². The van der Waals surface area contributed by atoms with Crippen molar-refractivity contribution in [3.63, 3.8) is 0 Å². The van der Waals surface area contributed by atoms with Crippen LogP contribution in [-0.4, -0.2) is 31.5 Å². The van der Waals surface area contributed by atoms with Gasteiger partial charge in [-0.25, -0.2) is 0 Å². The Morgan fingerprint density at radius 2 is 1.84 bits per heavy atom. The van der Waals surface area contributed by atoms with Gasteiger partial charge in [-0.1, -0.05) is 11.6 Å². The first-order valence-electron chi connectivity index (χ1n) is 6.90. The van der Waals surface area contributed by atoms with E-state index in [2.05, 4.69) is 19.2 Å². The highest BCUT2D eigenvalue weighted by Crippen LogP contribution is 2.21. The minimum atomic E-state index is 0.304. The zero-order chi connectivity index (χ0) is 13.7. The molecule has 1 fully saturated rings. The Kier molecular flexibility index (Phi) is 5.49. The summed E-state index contributed by atoms with van der Waals surface area (Å²) in [6, 6.07) is 7.71. The molecule has 1 aromatic carbocycles. The van der Waals surface area contributed by atoms with Gasteiger partial charge in [0, 0.05) is 17.3 Å². The molecule has 1 N–H and O–H groups in total. The molecule has 0 radical (unpaired) electrons. The molecule has 19 heavy (non-hydrogen) atoms. The van der Waals surface area contributed by atoms with Crippen LogP contribution in [0.15, 0.2) is 24.3 Å². The summed E-state index contributed by atoms with van der Waals surface area (Å²) in [4.78, 5) is 0. The monoisotopic (exact) mass is 283 g/mol. The maximum absolute atomic E-state index is 5.90. The van der Waals surface area contributed by atoms with Gasteiger partial charge in [-0.3, -0.25) is 0 Å². The van der Waals surface area contributed by atoms with E-state index in [1.165, 1.54) is 0 Å². The fourth-order valence-electron chi connectivity index (χ4n) is 2.47. The number of hydrogen-bond acceptors (Lipinski definition) is 3. The van der Waals surface area contributed by atoms with E-state index >= 15 is 0 Å². The number of benzene rings is 1. The van der Waals surface area contributed by atoms with Gasteiger partial charge >= 0.3 is 0 Å². The zero-order valence-corrected chi connectivity index (χ0v) is 12.3. The van der Waals surface area contributed by atoms with Crippen LogP contribution in [0.3, 0.4) is 0 Å². The van der Waals surface area contributed by atoms with Crippen molar-refractivity contribution in [2.24, 2.45) is 0 Å². The number of ether oxygens (including phenoxy) is 2. The first kappa shape index (κ1) is 14.6. The number of anilines is 1. The fraction of sp³-hybridized carbons (Fsp3) is 0.600. The van der Waals surface area contributed by atoms with Gasteiger partial charge in [0.25, 0.3) is 0 Å². The predicted molar refractivity (Wildman–Crippen MR) is 78.9 cm³/mol. The van der Waals surface area contributed by atoms with Gasteiger partial charge in [0.05, 0.1) is 24.9 Å². The van der Waals surface area contributed by atoms with Crippen molar-refractivity contribution in [2.75, 3.05) is 18.5 Å². The third-order valence-corrected chi connectivity index (χ3v) is 3.54. The molecule has 0 aliphatic carbocycles. The summed E-state index contributed by atoms with van der Waals surface area (Å²) >= 11 is 5.84. The zero-order valence-electron chi connectivity index (χ0n) is 11.6. The summed E-state index contributed by atoms with van der Waals surface area (Å²) in [7, 11) is 0. The molecule has 2 unspecified atom stereocenters. The second kappa shape index (κ2) is 7.13. The van der Waals surface area contributed by atoms with E-state index < -0.39 is 0 Å². The van der Waals surface area contributed by atoms with Crippen LogP contribution in [0.2, 0.25) is 5.02 Å². The summed E-state index contributed by atoms with van der Waals surface area (Å²) in [5.74, 6) is 0. The van der Waals surface area contributed by atoms with Gasteiger partial charge in [0.15, 0.2) is 0 Å². The van der Waals surface area contributed by atoms with Crippen LogP contribution >= 0.6 is 11.6 Å². The van der Waals surface area contributed by atoms with Crippen LogP contribution in [0.1, 0.15) is 26.7 Å². The van der Waals surface area contributed by atoms with E-state index in [9.17, 15) is 0 Å². The Morgan fingerprint density at radius 1 is 1.21 bits per heavy atom. The average Bonchev–Trinajstić information content (AvgIpc) is 2.36. The minimum absolute atomic E-state index is 0.304. The smallest absolute Gasteiger partial charge is 0.0642 e. The van der Waals surface area contributed by atoms with E-state index in [0.29, 0.717) is 24.9 Å². The molecule has 0 amide bonds. The Hall–Kier alpha value is -0.770. The Labute approximate surface area is 120 Å². The van der Waals surface area contributed by atoms with Crippen LogP contribution in [0.5, 0.6) is 0 Å². The first-order valence-corrected chi connectivity index (χ1v) is 7.28. The van der Waals surface area contributed by atoms with Crippen LogP contribution in [0.25, 0.3) is 0 Å². The maximum atomic E-state index is 5.90. The standard InChI is InChI=1S/C15H22ClNO2/c1-11-9-15(10-12(2)19-11)18-8-7-17-14-5-3-13(16)4-6-14/h3-6,11-12,15,17H,7-10H2,1-2H3. The van der Waals surface area contributed by atoms with E-state index in [4.69, 9.17) is 21.1 Å². The Bertz CT molecular complexity index is 372. The van der Waals surface area contributed by atoms with Gasteiger partial charge in [-0.05, 0) is 51.0 Å². The Balaban J connectivity index is 1.65. The normalized spacial score (nSPS) is 27.2. The predicted octanol–water partition coefficient (Wildman–Crippen LogP) is 3.72. The molecule has 1 saturated heterocycles. The number of hydrogen-bond donors (Lipinski definition) is 1. The quantitative estimate of drug-likeness (QED) is 0.836. The third kappa shape index (κ3) is 5.01. The summed E-state index contributed by atoms with van der Waals surface area (Å²) in [6.07, 6.45) is 2.91. The molecule has 106 valence electrons. The lowest BCUT2D eigenvalue weighted by atomic mass is 10.0.